The first-order valence-electron chi connectivity index (χ1n) is 11.6. The lowest BCUT2D eigenvalue weighted by Gasteiger charge is -2.28. The summed E-state index contributed by atoms with van der Waals surface area (Å²) >= 11 is 5.94. The Bertz CT molecular complexity index is 1390. The van der Waals surface area contributed by atoms with Gasteiger partial charge >= 0.3 is 0 Å². The van der Waals surface area contributed by atoms with Crippen molar-refractivity contribution >= 4 is 35.1 Å². The average Bonchev–Trinajstić information content (AvgIpc) is 3.10. The van der Waals surface area contributed by atoms with Gasteiger partial charge in [-0.25, -0.2) is 4.99 Å². The van der Waals surface area contributed by atoms with Crippen LogP contribution in [0.15, 0.2) is 71.7 Å². The fourth-order valence-electron chi connectivity index (χ4n) is 4.23. The number of benzene rings is 3. The Hall–Kier alpha value is -4.04. The molecule has 3 N–H and O–H groups in total. The van der Waals surface area contributed by atoms with E-state index in [-0.39, 0.29) is 17.8 Å². The third-order valence-corrected chi connectivity index (χ3v) is 6.58. The summed E-state index contributed by atoms with van der Waals surface area (Å²) in [5, 5.41) is 3.47. The average molecular weight is 521 g/mol. The number of hydrogen-bond donors (Lipinski definition) is 2. The standard InChI is InChI=1S/C28H29ClN4O4/c1-17-15-19(9-14-23(17)36-5)28(25(35)33(4)26(30)32-28)18-7-6-8-21(16-18)31-24(34)27(2,3)37-22-12-10-20(29)11-13-22/h6-16H,1-5H3,(H2,30,32)(H,31,34). The van der Waals surface area contributed by atoms with Crippen LogP contribution >= 0.6 is 11.6 Å². The number of halogens is 1. The molecule has 3 aromatic carbocycles. The number of anilines is 1. The van der Waals surface area contributed by atoms with Gasteiger partial charge in [0.05, 0.1) is 7.11 Å². The minimum atomic E-state index is -1.41. The molecule has 0 bridgehead atoms. The smallest absolute Gasteiger partial charge is 0.267 e. The SMILES string of the molecule is COc1ccc(C2(c3cccc(NC(=O)C(C)(C)Oc4ccc(Cl)cc4)c3)N=C(N)N(C)C2=O)cc1C. The zero-order chi connectivity index (χ0) is 27.0. The molecule has 4 rings (SSSR count). The minimum absolute atomic E-state index is 0.102. The van der Waals surface area contributed by atoms with E-state index < -0.39 is 11.1 Å². The van der Waals surface area contributed by atoms with E-state index in [0.717, 1.165) is 5.56 Å². The summed E-state index contributed by atoms with van der Waals surface area (Å²) < 4.78 is 11.3. The lowest BCUT2D eigenvalue weighted by molar-refractivity contribution is -0.129. The number of nitrogens with two attached hydrogens (primary N) is 1. The first kappa shape index (κ1) is 26.0. The van der Waals surface area contributed by atoms with Gasteiger partial charge in [-0.05, 0) is 86.0 Å². The molecule has 3 aromatic rings. The second-order valence-electron chi connectivity index (χ2n) is 9.33. The highest BCUT2D eigenvalue weighted by molar-refractivity contribution is 6.30. The number of methoxy groups -OCH3 is 1. The number of rotatable bonds is 7. The van der Waals surface area contributed by atoms with Crippen LogP contribution in [0.4, 0.5) is 5.69 Å². The summed E-state index contributed by atoms with van der Waals surface area (Å²) in [7, 11) is 3.17. The Labute approximate surface area is 221 Å². The van der Waals surface area contributed by atoms with E-state index >= 15 is 0 Å². The Morgan fingerprint density at radius 3 is 2.35 bits per heavy atom. The van der Waals surface area contributed by atoms with Gasteiger partial charge in [-0.3, -0.25) is 14.5 Å². The predicted octanol–water partition coefficient (Wildman–Crippen LogP) is 4.48. The number of aliphatic imine (C=N–C) groups is 1. The van der Waals surface area contributed by atoms with E-state index in [1.807, 2.05) is 13.0 Å². The monoisotopic (exact) mass is 520 g/mol. The van der Waals surface area contributed by atoms with Crippen molar-refractivity contribution in [1.82, 2.24) is 4.90 Å². The molecule has 1 unspecified atom stereocenters. The second kappa shape index (κ2) is 9.78. The van der Waals surface area contributed by atoms with Crippen molar-refractivity contribution in [2.24, 2.45) is 10.7 Å². The number of amides is 2. The van der Waals surface area contributed by atoms with Crippen LogP contribution in [0.5, 0.6) is 11.5 Å². The molecule has 0 fully saturated rings. The molecule has 0 spiro atoms. The maximum atomic E-state index is 13.6. The maximum absolute atomic E-state index is 13.6. The number of nitrogens with zero attached hydrogens (tertiary/aromatic N) is 2. The number of hydrogen-bond acceptors (Lipinski definition) is 6. The molecular formula is C28H29ClN4O4. The van der Waals surface area contributed by atoms with Crippen LogP contribution in [-0.2, 0) is 15.1 Å². The first-order valence-corrected chi connectivity index (χ1v) is 12.0. The van der Waals surface area contributed by atoms with Gasteiger partial charge in [-0.1, -0.05) is 29.8 Å². The van der Waals surface area contributed by atoms with Crippen LogP contribution in [-0.4, -0.2) is 42.4 Å². The maximum Gasteiger partial charge on any atom is 0.267 e. The van der Waals surface area contributed by atoms with Gasteiger partial charge in [0.25, 0.3) is 11.8 Å². The molecule has 37 heavy (non-hydrogen) atoms. The molecule has 8 nitrogen and oxygen atoms in total. The van der Waals surface area contributed by atoms with Crippen LogP contribution in [0.25, 0.3) is 0 Å². The molecule has 9 heteroatoms. The third kappa shape index (κ3) is 4.84. The Morgan fingerprint density at radius 2 is 1.76 bits per heavy atom. The van der Waals surface area contributed by atoms with E-state index in [1.54, 1.807) is 88.7 Å². The van der Waals surface area contributed by atoms with Gasteiger partial charge in [0.15, 0.2) is 17.1 Å². The molecular weight excluding hydrogens is 492 g/mol. The summed E-state index contributed by atoms with van der Waals surface area (Å²) in [6, 6.07) is 19.2. The Morgan fingerprint density at radius 1 is 1.08 bits per heavy atom. The van der Waals surface area contributed by atoms with E-state index in [2.05, 4.69) is 10.3 Å². The van der Waals surface area contributed by atoms with Crippen molar-refractivity contribution in [1.29, 1.82) is 0 Å². The van der Waals surface area contributed by atoms with Crippen LogP contribution in [0.3, 0.4) is 0 Å². The van der Waals surface area contributed by atoms with Gasteiger partial charge in [0.1, 0.15) is 11.5 Å². The quantitative estimate of drug-likeness (QED) is 0.477. The summed E-state index contributed by atoms with van der Waals surface area (Å²) in [5.74, 6) is 0.636. The van der Waals surface area contributed by atoms with Gasteiger partial charge in [-0.2, -0.15) is 0 Å². The topological polar surface area (TPSA) is 106 Å². The zero-order valence-corrected chi connectivity index (χ0v) is 22.1. The fourth-order valence-corrected chi connectivity index (χ4v) is 4.36. The fraction of sp³-hybridized carbons (Fsp3) is 0.250. The largest absolute Gasteiger partial charge is 0.496 e. The van der Waals surface area contributed by atoms with Crippen molar-refractivity contribution in [2.75, 3.05) is 19.5 Å². The van der Waals surface area contributed by atoms with E-state index in [9.17, 15) is 9.59 Å². The molecule has 0 aromatic heterocycles. The number of carbonyl (C=O) groups is 2. The van der Waals surface area contributed by atoms with Gasteiger partial charge < -0.3 is 20.5 Å². The normalized spacial score (nSPS) is 17.4. The van der Waals surface area contributed by atoms with Gasteiger partial charge in [-0.15, -0.1) is 0 Å². The van der Waals surface area contributed by atoms with Crippen molar-refractivity contribution in [2.45, 2.75) is 31.9 Å². The van der Waals surface area contributed by atoms with Gasteiger partial charge in [0, 0.05) is 17.8 Å². The van der Waals surface area contributed by atoms with Crippen molar-refractivity contribution in [3.63, 3.8) is 0 Å². The number of ether oxygens (including phenoxy) is 2. The Balaban J connectivity index is 1.69. The summed E-state index contributed by atoms with van der Waals surface area (Å²) in [6.07, 6.45) is 0. The van der Waals surface area contributed by atoms with E-state index in [0.29, 0.717) is 33.3 Å². The highest BCUT2D eigenvalue weighted by Crippen LogP contribution is 2.41. The molecule has 1 aliphatic rings. The molecule has 0 radical (unpaired) electrons. The number of nitrogens with one attached hydrogen (secondary N) is 1. The van der Waals surface area contributed by atoms with E-state index in [4.69, 9.17) is 26.8 Å². The number of likely N-dealkylation sites (N-methyl/N-ethyl adjacent to an activating group) is 1. The molecule has 1 aliphatic heterocycles. The molecule has 0 saturated carbocycles. The lowest BCUT2D eigenvalue weighted by atomic mass is 9.82. The van der Waals surface area contributed by atoms with Gasteiger partial charge in [0.2, 0.25) is 0 Å². The van der Waals surface area contributed by atoms with E-state index in [1.165, 1.54) is 4.90 Å². The predicted molar refractivity (Wildman–Crippen MR) is 144 cm³/mol. The molecule has 192 valence electrons. The molecule has 1 atom stereocenters. The molecule has 0 saturated heterocycles. The number of carbonyl (C=O) groups excluding carboxylic acids is 2. The molecule has 2 amide bonds. The second-order valence-corrected chi connectivity index (χ2v) is 9.77. The summed E-state index contributed by atoms with van der Waals surface area (Å²) in [5.41, 5.74) is 6.03. The van der Waals surface area contributed by atoms with Crippen molar-refractivity contribution in [3.8, 4) is 11.5 Å². The summed E-state index contributed by atoms with van der Waals surface area (Å²) in [6.45, 7) is 5.23. The first-order chi connectivity index (χ1) is 17.5. The highest BCUT2D eigenvalue weighted by Gasteiger charge is 2.49. The van der Waals surface area contributed by atoms with Crippen LogP contribution in [0.2, 0.25) is 5.02 Å². The number of aryl methyl sites for hydroxylation is 1. The highest BCUT2D eigenvalue weighted by atomic mass is 35.5. The number of guanidine groups is 1. The molecule has 0 aliphatic carbocycles. The zero-order valence-electron chi connectivity index (χ0n) is 21.3. The Kier molecular flexibility index (Phi) is 6.88. The molecule has 1 heterocycles. The lowest BCUT2D eigenvalue weighted by Crippen LogP contribution is -2.43. The van der Waals surface area contributed by atoms with Crippen LogP contribution < -0.4 is 20.5 Å². The minimum Gasteiger partial charge on any atom is -0.496 e. The summed E-state index contributed by atoms with van der Waals surface area (Å²) in [4.78, 5) is 32.7. The van der Waals surface area contributed by atoms with Crippen LogP contribution in [0.1, 0.15) is 30.5 Å². The van der Waals surface area contributed by atoms with Crippen molar-refractivity contribution in [3.05, 3.63) is 88.4 Å². The van der Waals surface area contributed by atoms with Crippen molar-refractivity contribution < 1.29 is 19.1 Å². The third-order valence-electron chi connectivity index (χ3n) is 6.32. The van der Waals surface area contributed by atoms with Crippen LogP contribution in [0, 0.1) is 6.92 Å².